The lowest BCUT2D eigenvalue weighted by atomic mass is 10.1. The number of carbonyl (C=O) groups is 1. The van der Waals surface area contributed by atoms with E-state index in [1.165, 1.54) is 7.11 Å². The minimum absolute atomic E-state index is 0.235. The van der Waals surface area contributed by atoms with Crippen molar-refractivity contribution in [3.8, 4) is 11.5 Å². The molecule has 1 amide bonds. The Morgan fingerprint density at radius 3 is 2.21 bits per heavy atom. The smallest absolute Gasteiger partial charge is 0.259 e. The van der Waals surface area contributed by atoms with Gasteiger partial charge in [0.05, 0.1) is 19.8 Å². The number of methoxy groups -OCH3 is 2. The molecule has 0 heterocycles. The molecule has 1 N–H and O–H groups in total. The molecule has 24 heavy (non-hydrogen) atoms. The molecular formula is C19H24N2O3. The Balaban J connectivity index is 2.17. The molecule has 2 aromatic rings. The zero-order valence-corrected chi connectivity index (χ0v) is 14.6. The van der Waals surface area contributed by atoms with Crippen LogP contribution >= 0.6 is 0 Å². The van der Waals surface area contributed by atoms with Crippen LogP contribution in [0.5, 0.6) is 11.5 Å². The van der Waals surface area contributed by atoms with Crippen LogP contribution in [0.15, 0.2) is 42.5 Å². The van der Waals surface area contributed by atoms with Gasteiger partial charge in [-0.05, 0) is 56.3 Å². The number of hydrogen-bond acceptors (Lipinski definition) is 4. The molecule has 0 bridgehead atoms. The summed E-state index contributed by atoms with van der Waals surface area (Å²) in [6.07, 6.45) is 0. The molecule has 2 aromatic carbocycles. The molecular weight excluding hydrogens is 304 g/mol. The largest absolute Gasteiger partial charge is 0.497 e. The first-order chi connectivity index (χ1) is 11.6. The predicted molar refractivity (Wildman–Crippen MR) is 97.5 cm³/mol. The first-order valence-corrected chi connectivity index (χ1v) is 8.01. The van der Waals surface area contributed by atoms with Crippen LogP contribution in [0.4, 0.5) is 11.4 Å². The van der Waals surface area contributed by atoms with Crippen molar-refractivity contribution in [1.82, 2.24) is 0 Å². The molecule has 0 spiro atoms. The van der Waals surface area contributed by atoms with Crippen molar-refractivity contribution in [2.24, 2.45) is 0 Å². The fraction of sp³-hybridized carbons (Fsp3) is 0.316. The minimum Gasteiger partial charge on any atom is -0.497 e. The zero-order valence-electron chi connectivity index (χ0n) is 14.6. The van der Waals surface area contributed by atoms with Gasteiger partial charge in [0.15, 0.2) is 0 Å². The van der Waals surface area contributed by atoms with E-state index in [2.05, 4.69) is 24.1 Å². The number of anilines is 2. The van der Waals surface area contributed by atoms with Gasteiger partial charge in [-0.3, -0.25) is 4.79 Å². The van der Waals surface area contributed by atoms with Crippen molar-refractivity contribution in [2.75, 3.05) is 37.5 Å². The van der Waals surface area contributed by atoms with E-state index < -0.39 is 0 Å². The summed E-state index contributed by atoms with van der Waals surface area (Å²) in [5.74, 6) is 0.882. The van der Waals surface area contributed by atoms with Crippen LogP contribution in [0.2, 0.25) is 0 Å². The molecule has 0 radical (unpaired) electrons. The molecule has 0 saturated heterocycles. The Morgan fingerprint density at radius 2 is 1.67 bits per heavy atom. The number of benzene rings is 2. The Labute approximate surface area is 143 Å². The third-order valence-electron chi connectivity index (χ3n) is 3.91. The summed E-state index contributed by atoms with van der Waals surface area (Å²) >= 11 is 0. The summed E-state index contributed by atoms with van der Waals surface area (Å²) in [5, 5.41) is 2.89. The van der Waals surface area contributed by atoms with Gasteiger partial charge in [-0.1, -0.05) is 0 Å². The van der Waals surface area contributed by atoms with Gasteiger partial charge in [0.1, 0.15) is 11.5 Å². The molecule has 0 atom stereocenters. The van der Waals surface area contributed by atoms with Crippen molar-refractivity contribution in [2.45, 2.75) is 13.8 Å². The van der Waals surface area contributed by atoms with Gasteiger partial charge < -0.3 is 19.7 Å². The quantitative estimate of drug-likeness (QED) is 0.840. The van der Waals surface area contributed by atoms with Crippen LogP contribution < -0.4 is 19.7 Å². The second-order valence-electron chi connectivity index (χ2n) is 5.24. The molecule has 2 rings (SSSR count). The number of amides is 1. The first kappa shape index (κ1) is 17.7. The SMILES string of the molecule is CCN(CC)c1ccc(NC(=O)c2cc(OC)ccc2OC)cc1. The van der Waals surface area contributed by atoms with Crippen molar-refractivity contribution in [1.29, 1.82) is 0 Å². The van der Waals surface area contributed by atoms with E-state index in [1.54, 1.807) is 25.3 Å². The summed E-state index contributed by atoms with van der Waals surface area (Å²) < 4.78 is 10.4. The normalized spacial score (nSPS) is 10.2. The molecule has 0 aliphatic heterocycles. The number of nitrogens with zero attached hydrogens (tertiary/aromatic N) is 1. The number of ether oxygens (including phenoxy) is 2. The number of rotatable bonds is 7. The molecule has 0 aromatic heterocycles. The maximum Gasteiger partial charge on any atom is 0.259 e. The lowest BCUT2D eigenvalue weighted by molar-refractivity contribution is 0.102. The summed E-state index contributed by atoms with van der Waals surface area (Å²) in [7, 11) is 3.10. The highest BCUT2D eigenvalue weighted by atomic mass is 16.5. The lowest BCUT2D eigenvalue weighted by Crippen LogP contribution is -2.21. The highest BCUT2D eigenvalue weighted by Gasteiger charge is 2.14. The Bertz CT molecular complexity index is 680. The van der Waals surface area contributed by atoms with Crippen molar-refractivity contribution < 1.29 is 14.3 Å². The second-order valence-corrected chi connectivity index (χ2v) is 5.24. The van der Waals surface area contributed by atoms with E-state index in [-0.39, 0.29) is 5.91 Å². The van der Waals surface area contributed by atoms with Crippen LogP contribution in [0.1, 0.15) is 24.2 Å². The summed E-state index contributed by atoms with van der Waals surface area (Å²) in [6, 6.07) is 13.0. The Morgan fingerprint density at radius 1 is 1.00 bits per heavy atom. The van der Waals surface area contributed by atoms with Crippen LogP contribution in [0, 0.1) is 0 Å². The van der Waals surface area contributed by atoms with Crippen LogP contribution in [-0.2, 0) is 0 Å². The fourth-order valence-electron chi connectivity index (χ4n) is 2.53. The van der Waals surface area contributed by atoms with Gasteiger partial charge in [0, 0.05) is 24.5 Å². The molecule has 0 saturated carbocycles. The fourth-order valence-corrected chi connectivity index (χ4v) is 2.53. The van der Waals surface area contributed by atoms with E-state index >= 15 is 0 Å². The topological polar surface area (TPSA) is 50.8 Å². The maximum absolute atomic E-state index is 12.5. The van der Waals surface area contributed by atoms with E-state index in [0.29, 0.717) is 17.1 Å². The average Bonchev–Trinajstić information content (AvgIpc) is 2.63. The van der Waals surface area contributed by atoms with Gasteiger partial charge in [-0.15, -0.1) is 0 Å². The van der Waals surface area contributed by atoms with E-state index in [0.717, 1.165) is 24.5 Å². The van der Waals surface area contributed by atoms with Crippen LogP contribution in [0.25, 0.3) is 0 Å². The minimum atomic E-state index is -0.235. The summed E-state index contributed by atoms with van der Waals surface area (Å²) in [5.41, 5.74) is 2.31. The number of hydrogen-bond donors (Lipinski definition) is 1. The predicted octanol–water partition coefficient (Wildman–Crippen LogP) is 3.80. The Hall–Kier alpha value is -2.69. The summed E-state index contributed by atoms with van der Waals surface area (Å²) in [4.78, 5) is 14.8. The van der Waals surface area contributed by atoms with Gasteiger partial charge in [-0.2, -0.15) is 0 Å². The van der Waals surface area contributed by atoms with Crippen molar-refractivity contribution in [3.05, 3.63) is 48.0 Å². The summed E-state index contributed by atoms with van der Waals surface area (Å²) in [6.45, 7) is 6.13. The highest BCUT2D eigenvalue weighted by Crippen LogP contribution is 2.25. The van der Waals surface area contributed by atoms with Crippen LogP contribution in [0.3, 0.4) is 0 Å². The number of nitrogens with one attached hydrogen (secondary N) is 1. The highest BCUT2D eigenvalue weighted by molar-refractivity contribution is 6.06. The number of carbonyl (C=O) groups excluding carboxylic acids is 1. The molecule has 0 aliphatic carbocycles. The lowest BCUT2D eigenvalue weighted by Gasteiger charge is -2.21. The molecule has 5 nitrogen and oxygen atoms in total. The van der Waals surface area contributed by atoms with Gasteiger partial charge in [-0.25, -0.2) is 0 Å². The van der Waals surface area contributed by atoms with Crippen molar-refractivity contribution >= 4 is 17.3 Å². The zero-order chi connectivity index (χ0) is 17.5. The molecule has 0 fully saturated rings. The third-order valence-corrected chi connectivity index (χ3v) is 3.91. The first-order valence-electron chi connectivity index (χ1n) is 8.01. The maximum atomic E-state index is 12.5. The van der Waals surface area contributed by atoms with E-state index in [4.69, 9.17) is 9.47 Å². The average molecular weight is 328 g/mol. The van der Waals surface area contributed by atoms with E-state index in [9.17, 15) is 4.79 Å². The van der Waals surface area contributed by atoms with Gasteiger partial charge in [0.25, 0.3) is 5.91 Å². The standard InChI is InChI=1S/C19H24N2O3/c1-5-21(6-2)15-9-7-14(8-10-15)20-19(22)17-13-16(23-3)11-12-18(17)24-4/h7-13H,5-6H2,1-4H3,(H,20,22). The monoisotopic (exact) mass is 328 g/mol. The van der Waals surface area contributed by atoms with Gasteiger partial charge >= 0.3 is 0 Å². The molecule has 0 unspecified atom stereocenters. The molecule has 128 valence electrons. The third kappa shape index (κ3) is 3.98. The second kappa shape index (κ2) is 8.24. The van der Waals surface area contributed by atoms with Crippen LogP contribution in [-0.4, -0.2) is 33.2 Å². The molecule has 5 heteroatoms. The van der Waals surface area contributed by atoms with E-state index in [1.807, 2.05) is 24.3 Å². The van der Waals surface area contributed by atoms with Gasteiger partial charge in [0.2, 0.25) is 0 Å². The Kier molecular flexibility index (Phi) is 6.07. The molecule has 0 aliphatic rings. The van der Waals surface area contributed by atoms with Crippen molar-refractivity contribution in [3.63, 3.8) is 0 Å².